The second-order valence-corrected chi connectivity index (χ2v) is 7.88. The summed E-state index contributed by atoms with van der Waals surface area (Å²) >= 11 is 4.92. The maximum Gasteiger partial charge on any atom is 0.239 e. The summed E-state index contributed by atoms with van der Waals surface area (Å²) < 4.78 is 8.11. The van der Waals surface area contributed by atoms with Crippen LogP contribution in [0.4, 0.5) is 5.69 Å². The predicted molar refractivity (Wildman–Crippen MR) is 108 cm³/mol. The molecular weight excluding hydrogens is 416 g/mol. The van der Waals surface area contributed by atoms with Crippen molar-refractivity contribution in [2.75, 3.05) is 26.0 Å². The maximum absolute atomic E-state index is 12.1. The van der Waals surface area contributed by atoms with Crippen LogP contribution in [-0.4, -0.2) is 51.8 Å². The van der Waals surface area contributed by atoms with E-state index in [0.717, 1.165) is 26.7 Å². The van der Waals surface area contributed by atoms with Gasteiger partial charge < -0.3 is 4.74 Å². The molecule has 1 aromatic heterocycles. The molecule has 26 heavy (non-hydrogen) atoms. The third-order valence-electron chi connectivity index (χ3n) is 4.17. The Bertz CT molecular complexity index is 832. The number of amides is 1. The van der Waals surface area contributed by atoms with Gasteiger partial charge in [-0.15, -0.1) is 0 Å². The second-order valence-electron chi connectivity index (χ2n) is 6.02. The molecular formula is C18H21BrN4O2S. The van der Waals surface area contributed by atoms with Crippen molar-refractivity contribution in [2.45, 2.75) is 20.4 Å². The molecule has 1 aromatic carbocycles. The van der Waals surface area contributed by atoms with Gasteiger partial charge in [0.25, 0.3) is 0 Å². The number of thioether (sulfide) groups is 1. The molecule has 0 spiro atoms. The zero-order chi connectivity index (χ0) is 18.7. The van der Waals surface area contributed by atoms with Gasteiger partial charge in [0, 0.05) is 11.6 Å². The summed E-state index contributed by atoms with van der Waals surface area (Å²) in [5, 5.41) is 5.36. The molecule has 8 heteroatoms. The summed E-state index contributed by atoms with van der Waals surface area (Å²) in [5.74, 6) is 0.497. The van der Waals surface area contributed by atoms with Crippen molar-refractivity contribution in [2.24, 2.45) is 4.99 Å². The lowest BCUT2D eigenvalue weighted by Gasteiger charge is -2.15. The van der Waals surface area contributed by atoms with E-state index in [0.29, 0.717) is 25.4 Å². The van der Waals surface area contributed by atoms with Gasteiger partial charge in [-0.05, 0) is 31.5 Å². The van der Waals surface area contributed by atoms with Crippen LogP contribution in [-0.2, 0) is 16.1 Å². The third kappa shape index (κ3) is 4.19. The van der Waals surface area contributed by atoms with E-state index >= 15 is 0 Å². The number of halogens is 1. The van der Waals surface area contributed by atoms with Crippen LogP contribution >= 0.6 is 27.7 Å². The van der Waals surface area contributed by atoms with Crippen LogP contribution in [0, 0.1) is 13.8 Å². The van der Waals surface area contributed by atoms with Crippen molar-refractivity contribution in [3.05, 3.63) is 45.7 Å². The maximum atomic E-state index is 12.1. The monoisotopic (exact) mass is 436 g/mol. The van der Waals surface area contributed by atoms with Crippen LogP contribution in [0.25, 0.3) is 0 Å². The number of ether oxygens (including phenoxy) is 1. The van der Waals surface area contributed by atoms with E-state index in [9.17, 15) is 4.79 Å². The number of hydrogen-bond donors (Lipinski definition) is 0. The topological polar surface area (TPSA) is 59.7 Å². The molecule has 3 rings (SSSR count). The summed E-state index contributed by atoms with van der Waals surface area (Å²) in [5.41, 5.74) is 3.86. The van der Waals surface area contributed by atoms with Crippen molar-refractivity contribution in [3.8, 4) is 0 Å². The van der Waals surface area contributed by atoms with Gasteiger partial charge in [-0.1, -0.05) is 39.8 Å². The molecule has 0 aliphatic carbocycles. The zero-order valence-electron chi connectivity index (χ0n) is 15.0. The Balaban J connectivity index is 1.85. The minimum absolute atomic E-state index is 0.0726. The van der Waals surface area contributed by atoms with Gasteiger partial charge in [0.15, 0.2) is 5.17 Å². The largest absolute Gasteiger partial charge is 0.383 e. The standard InChI is InChI=1S/C18H21BrN4O2S/c1-12-17(20-18-22(8-9-25-3)16(24)11-26-18)13(2)23(21-12)10-14-4-6-15(19)7-5-14/h4-7H,8-11H2,1-3H3. The van der Waals surface area contributed by atoms with Crippen molar-refractivity contribution in [1.82, 2.24) is 14.7 Å². The van der Waals surface area contributed by atoms with Gasteiger partial charge in [-0.2, -0.15) is 5.10 Å². The van der Waals surface area contributed by atoms with Crippen molar-refractivity contribution in [3.63, 3.8) is 0 Å². The van der Waals surface area contributed by atoms with Crippen LogP contribution < -0.4 is 0 Å². The molecule has 1 aliphatic heterocycles. The highest BCUT2D eigenvalue weighted by Crippen LogP contribution is 2.28. The summed E-state index contributed by atoms with van der Waals surface area (Å²) in [6, 6.07) is 8.20. The number of carbonyl (C=O) groups excluding carboxylic acids is 1. The first kappa shape index (κ1) is 19.1. The number of amidine groups is 1. The molecule has 1 aliphatic rings. The number of nitrogens with zero attached hydrogens (tertiary/aromatic N) is 4. The summed E-state index contributed by atoms with van der Waals surface area (Å²) in [6.07, 6.45) is 0. The lowest BCUT2D eigenvalue weighted by molar-refractivity contribution is -0.124. The third-order valence-corrected chi connectivity index (χ3v) is 5.66. The highest BCUT2D eigenvalue weighted by atomic mass is 79.9. The van der Waals surface area contributed by atoms with Gasteiger partial charge >= 0.3 is 0 Å². The van der Waals surface area contributed by atoms with E-state index in [1.54, 1.807) is 12.0 Å². The first-order valence-corrected chi connectivity index (χ1v) is 10.1. The Morgan fingerprint density at radius 1 is 1.31 bits per heavy atom. The van der Waals surface area contributed by atoms with Crippen LogP contribution in [0.5, 0.6) is 0 Å². The summed E-state index contributed by atoms with van der Waals surface area (Å²) in [6.45, 7) is 5.66. The quantitative estimate of drug-likeness (QED) is 0.694. The Morgan fingerprint density at radius 3 is 2.73 bits per heavy atom. The molecule has 0 unspecified atom stereocenters. The average molecular weight is 437 g/mol. The number of benzene rings is 1. The van der Waals surface area contributed by atoms with E-state index in [1.807, 2.05) is 30.7 Å². The Labute approximate surface area is 165 Å². The molecule has 0 atom stereocenters. The number of hydrogen-bond acceptors (Lipinski definition) is 5. The smallest absolute Gasteiger partial charge is 0.239 e. The second kappa shape index (κ2) is 8.37. The molecule has 0 N–H and O–H groups in total. The highest BCUT2D eigenvalue weighted by Gasteiger charge is 2.28. The van der Waals surface area contributed by atoms with Gasteiger partial charge in [-0.25, -0.2) is 4.99 Å². The van der Waals surface area contributed by atoms with E-state index in [4.69, 9.17) is 9.73 Å². The van der Waals surface area contributed by atoms with Gasteiger partial charge in [0.1, 0.15) is 5.69 Å². The minimum atomic E-state index is 0.0726. The molecule has 6 nitrogen and oxygen atoms in total. The van der Waals surface area contributed by atoms with Crippen LogP contribution in [0.2, 0.25) is 0 Å². The van der Waals surface area contributed by atoms with Crippen molar-refractivity contribution < 1.29 is 9.53 Å². The number of aliphatic imine (C=N–C) groups is 1. The van der Waals surface area contributed by atoms with Crippen LogP contribution in [0.1, 0.15) is 17.0 Å². The first-order chi connectivity index (χ1) is 12.5. The molecule has 1 amide bonds. The Kier molecular flexibility index (Phi) is 6.16. The van der Waals surface area contributed by atoms with Crippen molar-refractivity contribution >= 4 is 44.5 Å². The number of methoxy groups -OCH3 is 1. The minimum Gasteiger partial charge on any atom is -0.383 e. The lowest BCUT2D eigenvalue weighted by Crippen LogP contribution is -2.32. The molecule has 2 heterocycles. The normalized spacial score (nSPS) is 16.1. The number of carbonyl (C=O) groups is 1. The first-order valence-electron chi connectivity index (χ1n) is 8.29. The zero-order valence-corrected chi connectivity index (χ0v) is 17.4. The number of aromatic nitrogens is 2. The molecule has 0 saturated carbocycles. The highest BCUT2D eigenvalue weighted by molar-refractivity contribution is 9.10. The molecule has 0 radical (unpaired) electrons. The van der Waals surface area contributed by atoms with Gasteiger partial charge in [0.2, 0.25) is 5.91 Å². The molecule has 1 saturated heterocycles. The SMILES string of the molecule is COCCN1C(=O)CSC1=Nc1c(C)nn(Cc2ccc(Br)cc2)c1C. The fourth-order valence-electron chi connectivity index (χ4n) is 2.75. The molecule has 138 valence electrons. The van der Waals surface area contributed by atoms with Crippen LogP contribution in [0.3, 0.4) is 0 Å². The molecule has 0 bridgehead atoms. The number of rotatable bonds is 6. The lowest BCUT2D eigenvalue weighted by atomic mass is 10.2. The van der Waals surface area contributed by atoms with Crippen LogP contribution in [0.15, 0.2) is 33.7 Å². The van der Waals surface area contributed by atoms with Gasteiger partial charge in [0.05, 0.1) is 36.8 Å². The fraction of sp³-hybridized carbons (Fsp3) is 0.389. The Morgan fingerprint density at radius 2 is 2.04 bits per heavy atom. The van der Waals surface area contributed by atoms with E-state index in [-0.39, 0.29) is 5.91 Å². The van der Waals surface area contributed by atoms with Gasteiger partial charge in [-0.3, -0.25) is 14.4 Å². The fourth-order valence-corrected chi connectivity index (χ4v) is 3.92. The average Bonchev–Trinajstić information content (AvgIpc) is 3.10. The van der Waals surface area contributed by atoms with E-state index < -0.39 is 0 Å². The Hall–Kier alpha value is -1.64. The predicted octanol–water partition coefficient (Wildman–Crippen LogP) is 3.52. The van der Waals surface area contributed by atoms with Crippen molar-refractivity contribution in [1.29, 1.82) is 0 Å². The summed E-state index contributed by atoms with van der Waals surface area (Å²) in [4.78, 5) is 18.5. The summed E-state index contributed by atoms with van der Waals surface area (Å²) in [7, 11) is 1.63. The molecule has 1 fully saturated rings. The molecule has 2 aromatic rings. The van der Waals surface area contributed by atoms with E-state index in [2.05, 4.69) is 33.2 Å². The van der Waals surface area contributed by atoms with E-state index in [1.165, 1.54) is 17.3 Å². The number of aryl methyl sites for hydroxylation is 1.